The lowest BCUT2D eigenvalue weighted by Crippen LogP contribution is -2.53. The average molecular weight is 444 g/mol. The summed E-state index contributed by atoms with van der Waals surface area (Å²) in [6.07, 6.45) is 7.39. The minimum atomic E-state index is -0.821. The van der Waals surface area contributed by atoms with E-state index in [1.165, 1.54) is 11.1 Å². The van der Waals surface area contributed by atoms with Crippen LogP contribution in [0.15, 0.2) is 54.2 Å². The van der Waals surface area contributed by atoms with E-state index in [0.717, 1.165) is 60.8 Å². The number of carboxylic acids is 1. The molecular weight excluding hydrogens is 414 g/mol. The molecule has 2 aromatic carbocycles. The number of aryl methyl sites for hydroxylation is 2. The second-order valence-corrected chi connectivity index (χ2v) is 9.99. The van der Waals surface area contributed by atoms with Gasteiger partial charge in [-0.3, -0.25) is 4.68 Å². The van der Waals surface area contributed by atoms with E-state index in [-0.39, 0.29) is 11.0 Å². The number of hydrogen-bond acceptors (Lipinski definition) is 4. The van der Waals surface area contributed by atoms with Gasteiger partial charge in [-0.1, -0.05) is 30.3 Å². The number of fused-ring (bicyclic) bond motifs is 5. The maximum Gasteiger partial charge on any atom is 0.333 e. The molecule has 4 aliphatic rings. The van der Waals surface area contributed by atoms with Crippen LogP contribution in [0.4, 0.5) is 0 Å². The van der Waals surface area contributed by atoms with Gasteiger partial charge in [-0.2, -0.15) is 5.10 Å². The third-order valence-corrected chi connectivity index (χ3v) is 8.18. The molecule has 0 atom stereocenters. The SMILES string of the molecule is Cn1ncc2cc(C34CCC(CNC5=C(C(=O)O)CCc6ccccc65)(CC3)CO4)ccc21. The van der Waals surface area contributed by atoms with Crippen LogP contribution in [0.2, 0.25) is 0 Å². The van der Waals surface area contributed by atoms with Gasteiger partial charge < -0.3 is 15.2 Å². The molecule has 0 amide bonds. The van der Waals surface area contributed by atoms with Gasteiger partial charge in [0.05, 0.1) is 35.2 Å². The molecule has 2 saturated heterocycles. The Morgan fingerprint density at radius 2 is 1.97 bits per heavy atom. The summed E-state index contributed by atoms with van der Waals surface area (Å²) < 4.78 is 8.50. The highest BCUT2D eigenvalue weighted by Crippen LogP contribution is 2.53. The smallest absolute Gasteiger partial charge is 0.333 e. The van der Waals surface area contributed by atoms with E-state index in [1.807, 2.05) is 36.1 Å². The zero-order valence-electron chi connectivity index (χ0n) is 18.9. The van der Waals surface area contributed by atoms with Crippen molar-refractivity contribution in [3.05, 3.63) is 70.9 Å². The number of nitrogens with zero attached hydrogens (tertiary/aromatic N) is 2. The van der Waals surface area contributed by atoms with E-state index in [4.69, 9.17) is 4.74 Å². The molecule has 3 heterocycles. The van der Waals surface area contributed by atoms with Gasteiger partial charge in [0.15, 0.2) is 0 Å². The van der Waals surface area contributed by atoms with E-state index in [0.29, 0.717) is 18.6 Å². The van der Waals surface area contributed by atoms with Gasteiger partial charge in [-0.05, 0) is 61.8 Å². The van der Waals surface area contributed by atoms with Crippen LogP contribution in [-0.4, -0.2) is 34.0 Å². The minimum absolute atomic E-state index is 0.0448. The van der Waals surface area contributed by atoms with E-state index in [2.05, 4.69) is 34.7 Å². The predicted octanol–water partition coefficient (Wildman–Crippen LogP) is 4.39. The molecule has 6 nitrogen and oxygen atoms in total. The maximum absolute atomic E-state index is 11.9. The third-order valence-electron chi connectivity index (χ3n) is 8.18. The van der Waals surface area contributed by atoms with Crippen LogP contribution in [0, 0.1) is 5.41 Å². The summed E-state index contributed by atoms with van der Waals surface area (Å²) in [6.45, 7) is 1.44. The van der Waals surface area contributed by atoms with Crippen molar-refractivity contribution in [1.29, 1.82) is 0 Å². The Morgan fingerprint density at radius 1 is 1.15 bits per heavy atom. The van der Waals surface area contributed by atoms with Gasteiger partial charge in [0.1, 0.15) is 0 Å². The first-order valence-corrected chi connectivity index (χ1v) is 11.8. The zero-order valence-corrected chi connectivity index (χ0v) is 18.9. The molecular formula is C27H29N3O3. The number of nitrogens with one attached hydrogen (secondary N) is 1. The van der Waals surface area contributed by atoms with Crippen molar-refractivity contribution < 1.29 is 14.6 Å². The summed E-state index contributed by atoms with van der Waals surface area (Å²) in [5.41, 5.74) is 5.76. The number of aromatic nitrogens is 2. The molecule has 3 aromatic rings. The molecule has 0 spiro atoms. The van der Waals surface area contributed by atoms with Crippen LogP contribution < -0.4 is 5.32 Å². The fourth-order valence-electron chi connectivity index (χ4n) is 6.03. The van der Waals surface area contributed by atoms with Crippen LogP contribution >= 0.6 is 0 Å². The van der Waals surface area contributed by atoms with Gasteiger partial charge in [0.2, 0.25) is 0 Å². The van der Waals surface area contributed by atoms with Crippen molar-refractivity contribution in [3.63, 3.8) is 0 Å². The summed E-state index contributed by atoms with van der Waals surface area (Å²) in [5.74, 6) is -0.821. The van der Waals surface area contributed by atoms with Crippen molar-refractivity contribution in [2.75, 3.05) is 13.2 Å². The molecule has 2 aliphatic carbocycles. The number of rotatable bonds is 5. The lowest BCUT2D eigenvalue weighted by Gasteiger charge is -2.53. The highest BCUT2D eigenvalue weighted by Gasteiger charge is 2.50. The summed E-state index contributed by atoms with van der Waals surface area (Å²) in [4.78, 5) is 11.9. The summed E-state index contributed by atoms with van der Waals surface area (Å²) >= 11 is 0. The molecule has 1 aromatic heterocycles. The van der Waals surface area contributed by atoms with Crippen molar-refractivity contribution in [2.45, 2.75) is 44.1 Å². The Hall–Kier alpha value is -3.12. The predicted molar refractivity (Wildman–Crippen MR) is 127 cm³/mol. The molecule has 7 rings (SSSR count). The number of benzene rings is 2. The summed E-state index contributed by atoms with van der Waals surface area (Å²) in [7, 11) is 1.97. The minimum Gasteiger partial charge on any atom is -0.478 e. The van der Waals surface area contributed by atoms with Crippen molar-refractivity contribution in [3.8, 4) is 0 Å². The topological polar surface area (TPSA) is 76.4 Å². The Labute approximate surface area is 193 Å². The first-order valence-electron chi connectivity index (χ1n) is 11.8. The first kappa shape index (κ1) is 20.5. The number of carboxylic acid groups (broad SMARTS) is 1. The molecule has 2 bridgehead atoms. The molecule has 170 valence electrons. The molecule has 6 heteroatoms. The molecule has 2 aliphatic heterocycles. The van der Waals surface area contributed by atoms with Crippen molar-refractivity contribution >= 4 is 22.6 Å². The summed E-state index contributed by atoms with van der Waals surface area (Å²) in [5, 5.41) is 18.9. The molecule has 0 radical (unpaired) electrons. The molecule has 2 N–H and O–H groups in total. The Kier molecular flexibility index (Phi) is 4.63. The Bertz CT molecular complexity index is 1260. The highest BCUT2D eigenvalue weighted by molar-refractivity contribution is 5.97. The Morgan fingerprint density at radius 3 is 2.73 bits per heavy atom. The molecule has 33 heavy (non-hydrogen) atoms. The lowest BCUT2D eigenvalue weighted by molar-refractivity contribution is -0.187. The van der Waals surface area contributed by atoms with Crippen LogP contribution in [0.5, 0.6) is 0 Å². The molecule has 3 fully saturated rings. The van der Waals surface area contributed by atoms with Gasteiger partial charge in [-0.15, -0.1) is 0 Å². The highest BCUT2D eigenvalue weighted by atomic mass is 16.5. The van der Waals surface area contributed by atoms with E-state index in [9.17, 15) is 9.90 Å². The average Bonchev–Trinajstić information content (AvgIpc) is 3.23. The van der Waals surface area contributed by atoms with E-state index in [1.54, 1.807) is 0 Å². The second-order valence-electron chi connectivity index (χ2n) is 9.99. The van der Waals surface area contributed by atoms with Gasteiger partial charge >= 0.3 is 5.97 Å². The number of aliphatic carboxylic acids is 1. The standard InChI is InChI=1S/C27H29N3O3/c1-30-23-9-7-20(14-19(23)15-29-30)27-12-10-26(11-13-27,17-33-27)16-28-24-21-5-3-2-4-18(21)6-8-22(24)25(31)32/h2-5,7,9,14-15,28H,6,8,10-13,16-17H2,1H3,(H,31,32). The van der Waals surface area contributed by atoms with Crippen LogP contribution in [-0.2, 0) is 28.6 Å². The van der Waals surface area contributed by atoms with Crippen LogP contribution in [0.3, 0.4) is 0 Å². The first-order chi connectivity index (χ1) is 16.0. The largest absolute Gasteiger partial charge is 0.478 e. The second kappa shape index (κ2) is 7.45. The third kappa shape index (κ3) is 3.27. The Balaban J connectivity index is 1.22. The van der Waals surface area contributed by atoms with Crippen LogP contribution in [0.25, 0.3) is 16.6 Å². The fraction of sp³-hybridized carbons (Fsp3) is 0.407. The van der Waals surface area contributed by atoms with E-state index >= 15 is 0 Å². The van der Waals surface area contributed by atoms with Crippen LogP contribution in [0.1, 0.15) is 48.8 Å². The quantitative estimate of drug-likeness (QED) is 0.612. The van der Waals surface area contributed by atoms with Gasteiger partial charge in [0.25, 0.3) is 0 Å². The number of carbonyl (C=O) groups is 1. The summed E-state index contributed by atoms with van der Waals surface area (Å²) in [6, 6.07) is 14.7. The molecule has 0 unspecified atom stereocenters. The van der Waals surface area contributed by atoms with Gasteiger partial charge in [-0.25, -0.2) is 4.79 Å². The number of hydrogen-bond donors (Lipinski definition) is 2. The number of ether oxygens (including phenoxy) is 1. The van der Waals surface area contributed by atoms with Gasteiger partial charge in [0, 0.05) is 30.0 Å². The maximum atomic E-state index is 11.9. The lowest BCUT2D eigenvalue weighted by atomic mass is 9.64. The van der Waals surface area contributed by atoms with Crippen molar-refractivity contribution in [2.24, 2.45) is 12.5 Å². The monoisotopic (exact) mass is 443 g/mol. The fourth-order valence-corrected chi connectivity index (χ4v) is 6.03. The normalized spacial score (nSPS) is 26.5. The van der Waals surface area contributed by atoms with Crippen molar-refractivity contribution in [1.82, 2.24) is 15.1 Å². The van der Waals surface area contributed by atoms with E-state index < -0.39 is 5.97 Å². The zero-order chi connectivity index (χ0) is 22.6. The molecule has 1 saturated carbocycles.